The molecule has 1 aromatic heterocycles. The Hall–Kier alpha value is -0.770. The van der Waals surface area contributed by atoms with Crippen LogP contribution in [0.4, 0.5) is 5.13 Å². The Labute approximate surface area is 129 Å². The first-order valence-corrected chi connectivity index (χ1v) is 9.51. The van der Waals surface area contributed by atoms with Gasteiger partial charge in [-0.2, -0.15) is 4.31 Å². The van der Waals surface area contributed by atoms with Crippen LogP contribution in [0.5, 0.6) is 0 Å². The molecule has 2 aliphatic rings. The quantitative estimate of drug-likeness (QED) is 0.801. The lowest BCUT2D eigenvalue weighted by molar-refractivity contribution is 0.0725. The molecule has 0 amide bonds. The fourth-order valence-electron chi connectivity index (χ4n) is 2.78. The van der Waals surface area contributed by atoms with E-state index in [2.05, 4.69) is 15.1 Å². The van der Waals surface area contributed by atoms with Crippen LogP contribution in [0.25, 0.3) is 0 Å². The van der Waals surface area contributed by atoms with E-state index >= 15 is 0 Å². The van der Waals surface area contributed by atoms with Crippen molar-refractivity contribution >= 4 is 26.5 Å². The molecule has 2 aliphatic heterocycles. The van der Waals surface area contributed by atoms with Gasteiger partial charge in [-0.1, -0.05) is 11.3 Å². The predicted octanol–water partition coefficient (Wildman–Crippen LogP) is 0.477. The molecule has 0 spiro atoms. The van der Waals surface area contributed by atoms with Gasteiger partial charge in [0.15, 0.2) is 0 Å². The molecule has 1 aromatic rings. The van der Waals surface area contributed by atoms with Crippen LogP contribution >= 0.6 is 11.3 Å². The van der Waals surface area contributed by atoms with E-state index in [0.717, 1.165) is 23.1 Å². The zero-order valence-electron chi connectivity index (χ0n) is 12.1. The second kappa shape index (κ2) is 6.15. The maximum absolute atomic E-state index is 12.7. The molecule has 0 aliphatic carbocycles. The number of anilines is 1. The Kier molecular flexibility index (Phi) is 4.43. The van der Waals surface area contributed by atoms with E-state index in [4.69, 9.17) is 4.74 Å². The molecule has 1 unspecified atom stereocenters. The molecular weight excluding hydrogens is 312 g/mol. The maximum Gasteiger partial charge on any atom is 0.218 e. The molecule has 0 N–H and O–H groups in total. The zero-order chi connectivity index (χ0) is 14.9. The predicted molar refractivity (Wildman–Crippen MR) is 81.2 cm³/mol. The zero-order valence-corrected chi connectivity index (χ0v) is 13.7. The van der Waals surface area contributed by atoms with Crippen LogP contribution in [0.2, 0.25) is 0 Å². The summed E-state index contributed by atoms with van der Waals surface area (Å²) in [6.45, 7) is 5.19. The molecule has 118 valence electrons. The summed E-state index contributed by atoms with van der Waals surface area (Å²) >= 11 is 1.52. The first-order chi connectivity index (χ1) is 10.1. The van der Waals surface area contributed by atoms with Crippen LogP contribution < -0.4 is 4.90 Å². The highest BCUT2D eigenvalue weighted by atomic mass is 32.2. The lowest BCUT2D eigenvalue weighted by Gasteiger charge is -2.36. The van der Waals surface area contributed by atoms with Gasteiger partial charge in [-0.15, -0.1) is 10.2 Å². The van der Waals surface area contributed by atoms with Crippen LogP contribution in [0.15, 0.2) is 0 Å². The van der Waals surface area contributed by atoms with E-state index < -0.39 is 10.0 Å². The van der Waals surface area contributed by atoms with Gasteiger partial charge < -0.3 is 9.64 Å². The average Bonchev–Trinajstić information content (AvgIpc) is 2.95. The van der Waals surface area contributed by atoms with Gasteiger partial charge in [0.05, 0.1) is 18.5 Å². The molecular formula is C12H20N4O3S2. The summed E-state index contributed by atoms with van der Waals surface area (Å²) in [5, 5.41) is 9.53. The minimum absolute atomic E-state index is 0.353. The first kappa shape index (κ1) is 15.1. The largest absolute Gasteiger partial charge is 0.379 e. The summed E-state index contributed by atoms with van der Waals surface area (Å²) in [6.07, 6.45) is 1.58. The molecule has 3 rings (SSSR count). The van der Waals surface area contributed by atoms with Gasteiger partial charge in [0.1, 0.15) is 5.01 Å². The second-order valence-corrected chi connectivity index (χ2v) is 8.74. The van der Waals surface area contributed by atoms with Gasteiger partial charge >= 0.3 is 0 Å². The highest BCUT2D eigenvalue weighted by molar-refractivity contribution is 7.89. The third-order valence-corrected chi connectivity index (χ3v) is 7.13. The minimum atomic E-state index is -3.25. The third-order valence-electron chi connectivity index (χ3n) is 3.92. The lowest BCUT2D eigenvalue weighted by Crippen LogP contribution is -2.50. The highest BCUT2D eigenvalue weighted by Crippen LogP contribution is 2.27. The van der Waals surface area contributed by atoms with Crippen molar-refractivity contribution in [2.45, 2.75) is 25.0 Å². The molecule has 0 radical (unpaired) electrons. The topological polar surface area (TPSA) is 75.6 Å². The van der Waals surface area contributed by atoms with Crippen molar-refractivity contribution in [1.29, 1.82) is 0 Å². The number of hydrogen-bond acceptors (Lipinski definition) is 7. The van der Waals surface area contributed by atoms with Crippen LogP contribution in [-0.2, 0) is 14.8 Å². The Bertz CT molecular complexity index is 583. The summed E-state index contributed by atoms with van der Waals surface area (Å²) < 4.78 is 32.3. The van der Waals surface area contributed by atoms with E-state index in [9.17, 15) is 8.42 Å². The van der Waals surface area contributed by atoms with Gasteiger partial charge in [-0.25, -0.2) is 8.42 Å². The molecule has 7 nitrogen and oxygen atoms in total. The fourth-order valence-corrected chi connectivity index (χ4v) is 5.42. The summed E-state index contributed by atoms with van der Waals surface area (Å²) in [5.41, 5.74) is 0. The van der Waals surface area contributed by atoms with Crippen molar-refractivity contribution in [3.63, 3.8) is 0 Å². The van der Waals surface area contributed by atoms with Crippen LogP contribution in [0.3, 0.4) is 0 Å². The van der Waals surface area contributed by atoms with Gasteiger partial charge in [0.25, 0.3) is 0 Å². The number of aromatic nitrogens is 2. The van der Waals surface area contributed by atoms with E-state index in [-0.39, 0.29) is 5.25 Å². The maximum atomic E-state index is 12.7. The molecule has 0 aromatic carbocycles. The monoisotopic (exact) mass is 332 g/mol. The van der Waals surface area contributed by atoms with Crippen molar-refractivity contribution in [1.82, 2.24) is 14.5 Å². The second-order valence-electron chi connectivity index (χ2n) is 5.37. The smallest absolute Gasteiger partial charge is 0.218 e. The van der Waals surface area contributed by atoms with Crippen molar-refractivity contribution in [3.8, 4) is 0 Å². The van der Waals surface area contributed by atoms with Crippen molar-refractivity contribution in [2.75, 3.05) is 44.3 Å². The van der Waals surface area contributed by atoms with Gasteiger partial charge in [0.2, 0.25) is 15.2 Å². The normalized spacial score (nSPS) is 25.2. The van der Waals surface area contributed by atoms with Crippen LogP contribution in [-0.4, -0.2) is 67.6 Å². The summed E-state index contributed by atoms with van der Waals surface area (Å²) in [4.78, 5) is 2.05. The van der Waals surface area contributed by atoms with Crippen molar-refractivity contribution < 1.29 is 13.2 Å². The number of morpholine rings is 1. The standard InChI is InChI=1S/C12H20N4O3S2/c1-10-13-14-12(20-10)15-4-2-3-11(9-15)21(17,18)16-5-7-19-8-6-16/h11H,2-9H2,1H3. The number of ether oxygens (including phenoxy) is 1. The third kappa shape index (κ3) is 3.20. The highest BCUT2D eigenvalue weighted by Gasteiger charge is 2.36. The van der Waals surface area contributed by atoms with E-state index in [1.54, 1.807) is 4.31 Å². The van der Waals surface area contributed by atoms with Crippen LogP contribution in [0.1, 0.15) is 17.8 Å². The molecule has 1 atom stereocenters. The Morgan fingerprint density at radius 2 is 2.00 bits per heavy atom. The summed E-state index contributed by atoms with van der Waals surface area (Å²) in [5.74, 6) is 0. The molecule has 3 heterocycles. The van der Waals surface area contributed by atoms with Gasteiger partial charge in [-0.3, -0.25) is 0 Å². The average molecular weight is 332 g/mol. The molecule has 21 heavy (non-hydrogen) atoms. The molecule has 9 heteroatoms. The Balaban J connectivity index is 1.73. The number of rotatable bonds is 3. The minimum Gasteiger partial charge on any atom is -0.379 e. The summed E-state index contributed by atoms with van der Waals surface area (Å²) in [6, 6.07) is 0. The summed E-state index contributed by atoms with van der Waals surface area (Å²) in [7, 11) is -3.25. The number of nitrogens with zero attached hydrogens (tertiary/aromatic N) is 4. The molecule has 0 saturated carbocycles. The van der Waals surface area contributed by atoms with E-state index in [1.807, 2.05) is 6.92 Å². The molecule has 0 bridgehead atoms. The van der Waals surface area contributed by atoms with Crippen molar-refractivity contribution in [2.24, 2.45) is 0 Å². The molecule has 2 saturated heterocycles. The van der Waals surface area contributed by atoms with Crippen molar-refractivity contribution in [3.05, 3.63) is 5.01 Å². The van der Waals surface area contributed by atoms with Gasteiger partial charge in [-0.05, 0) is 19.8 Å². The first-order valence-electron chi connectivity index (χ1n) is 7.19. The lowest BCUT2D eigenvalue weighted by atomic mass is 10.1. The van der Waals surface area contributed by atoms with E-state index in [1.165, 1.54) is 11.3 Å². The van der Waals surface area contributed by atoms with E-state index in [0.29, 0.717) is 39.3 Å². The Morgan fingerprint density at radius 3 is 2.67 bits per heavy atom. The van der Waals surface area contributed by atoms with Crippen LogP contribution in [0, 0.1) is 6.92 Å². The fraction of sp³-hybridized carbons (Fsp3) is 0.833. The number of aryl methyl sites for hydroxylation is 1. The molecule has 2 fully saturated rings. The SMILES string of the molecule is Cc1nnc(N2CCCC(S(=O)(=O)N3CCOCC3)C2)s1. The van der Waals surface area contributed by atoms with Gasteiger partial charge in [0, 0.05) is 26.2 Å². The number of sulfonamides is 1. The number of piperidine rings is 1. The number of hydrogen-bond donors (Lipinski definition) is 0. The Morgan fingerprint density at radius 1 is 1.24 bits per heavy atom.